The Bertz CT molecular complexity index is 1600. The van der Waals surface area contributed by atoms with Crippen LogP contribution in [0.15, 0.2) is 16.2 Å². The lowest BCUT2D eigenvalue weighted by Gasteiger charge is -2.30. The maximum atomic E-state index is 13.5. The molecule has 0 radical (unpaired) electrons. The zero-order chi connectivity index (χ0) is 36.4. The van der Waals surface area contributed by atoms with Crippen molar-refractivity contribution >= 4 is 27.5 Å². The minimum atomic E-state index is -3.92. The smallest absolute Gasteiger partial charge is 0.268 e. The van der Waals surface area contributed by atoms with Crippen molar-refractivity contribution in [2.24, 2.45) is 5.89 Å². The summed E-state index contributed by atoms with van der Waals surface area (Å²) in [6.07, 6.45) is -9.26. The molecule has 6 nitrogen and oxygen atoms in total. The second-order valence-corrected chi connectivity index (χ2v) is 6.22. The maximum Gasteiger partial charge on any atom is 0.268 e. The number of amides is 1. The Balaban J connectivity index is 2.19. The predicted octanol–water partition coefficient (Wildman–Crippen LogP) is 3.20. The first kappa shape index (κ1) is 6.88. The minimum absolute atomic E-state index is 0.251. The van der Waals surface area contributed by atoms with E-state index in [1.54, 1.807) is 0 Å². The van der Waals surface area contributed by atoms with Gasteiger partial charge in [-0.25, -0.2) is 0 Å². The van der Waals surface area contributed by atoms with Gasteiger partial charge in [-0.05, 0) is 63.3 Å². The van der Waals surface area contributed by atoms with Crippen molar-refractivity contribution in [3.8, 4) is 5.75 Å². The summed E-state index contributed by atoms with van der Waals surface area (Å²) in [4.78, 5) is 26.5. The van der Waals surface area contributed by atoms with Crippen molar-refractivity contribution in [1.29, 1.82) is 0 Å². The van der Waals surface area contributed by atoms with Crippen LogP contribution in [0.2, 0.25) is 1.41 Å². The van der Waals surface area contributed by atoms with Gasteiger partial charge in [0.15, 0.2) is 7.16 Å². The molecule has 2 aromatic rings. The molecule has 0 saturated carbocycles. The molecule has 2 N–H and O–H groups in total. The summed E-state index contributed by atoms with van der Waals surface area (Å²) in [6, 6.07) is -1.91. The summed E-state index contributed by atoms with van der Waals surface area (Å²) in [7, 11) is 0. The Morgan fingerprint density at radius 1 is 1.78 bits per heavy atom. The van der Waals surface area contributed by atoms with Gasteiger partial charge in [0.1, 0.15) is 5.56 Å². The number of hydrogen-bond donors (Lipinski definition) is 2. The van der Waals surface area contributed by atoms with E-state index in [1.165, 1.54) is 0 Å². The van der Waals surface area contributed by atoms with Gasteiger partial charge < -0.3 is 19.9 Å². The van der Waals surface area contributed by atoms with Crippen molar-refractivity contribution in [1.82, 2.24) is 14.8 Å². The van der Waals surface area contributed by atoms with Gasteiger partial charge in [0.05, 0.1) is 13.0 Å². The first-order chi connectivity index (χ1) is 20.1. The topological polar surface area (TPSA) is 74.6 Å². The van der Waals surface area contributed by atoms with E-state index in [0.717, 1.165) is 13.0 Å². The third-order valence-corrected chi connectivity index (χ3v) is 4.28. The number of hydrogen-bond acceptors (Lipinski definition) is 5. The number of nitrogens with zero attached hydrogens (tertiary/aromatic N) is 2. The Kier molecular flexibility index (Phi) is 2.15. The number of piperidine rings is 1. The molecular weight excluding hydrogens is 362 g/mol. The van der Waals surface area contributed by atoms with Gasteiger partial charge in [0.2, 0.25) is 0 Å². The average molecular weight is 411 g/mol. The fourth-order valence-electron chi connectivity index (χ4n) is 2.32. The van der Waals surface area contributed by atoms with Crippen molar-refractivity contribution in [2.45, 2.75) is 45.9 Å². The molecule has 27 heavy (non-hydrogen) atoms. The zero-order valence-corrected chi connectivity index (χ0v) is 15.1. The van der Waals surface area contributed by atoms with Gasteiger partial charge in [-0.15, -0.1) is 11.3 Å². The van der Waals surface area contributed by atoms with Crippen LogP contribution in [-0.4, -0.2) is 46.5 Å². The number of likely N-dealkylation sites (tertiary alicyclic amines) is 1. The van der Waals surface area contributed by atoms with E-state index in [-0.39, 0.29) is 9.92 Å². The molecule has 1 fully saturated rings. The Morgan fingerprint density at radius 2 is 2.59 bits per heavy atom. The van der Waals surface area contributed by atoms with Gasteiger partial charge >= 0.3 is 0 Å². The molecule has 2 aromatic heterocycles. The summed E-state index contributed by atoms with van der Waals surface area (Å²) < 4.78 is 155. The number of fused-ring (bicyclic) bond motifs is 1. The fourth-order valence-corrected chi connectivity index (χ4v) is 3.06. The second kappa shape index (κ2) is 8.44. The summed E-state index contributed by atoms with van der Waals surface area (Å²) in [5.74, 6) is -6.46. The highest BCUT2D eigenvalue weighted by atomic mass is 32.1. The molecule has 1 aliphatic rings. The third-order valence-electron chi connectivity index (χ3n) is 3.44. The lowest BCUT2D eigenvalue weighted by molar-refractivity contribution is 0.0945. The lowest BCUT2D eigenvalue weighted by Crippen LogP contribution is -2.37. The van der Waals surface area contributed by atoms with Crippen LogP contribution in [0.1, 0.15) is 80.9 Å². The molecule has 2 atom stereocenters. The number of aromatic hydroxyl groups is 1. The molecule has 0 aromatic carbocycles. The summed E-state index contributed by atoms with van der Waals surface area (Å²) in [6.45, 7) is -17.0. The monoisotopic (exact) mass is 410 g/mol. The third kappa shape index (κ3) is 4.19. The van der Waals surface area contributed by atoms with Crippen molar-refractivity contribution < 1.29 is 36.0 Å². The first-order valence-corrected chi connectivity index (χ1v) is 8.43. The predicted molar refractivity (Wildman–Crippen MR) is 110 cm³/mol. The molecule has 2 unspecified atom stereocenters. The molecule has 0 spiro atoms. The molecule has 7 heteroatoms. The molecule has 3 heterocycles. The van der Waals surface area contributed by atoms with Gasteiger partial charge in [-0.1, -0.05) is 6.92 Å². The highest BCUT2D eigenvalue weighted by Crippen LogP contribution is 2.32. The minimum Gasteiger partial charge on any atom is -0.505 e. The molecule has 0 bridgehead atoms. The lowest BCUT2D eigenvalue weighted by atomic mass is 10.0. The number of rotatable bonds is 6. The summed E-state index contributed by atoms with van der Waals surface area (Å²) in [5, 5.41) is 9.81. The van der Waals surface area contributed by atoms with E-state index in [2.05, 4.69) is 0 Å². The van der Waals surface area contributed by atoms with E-state index < -0.39 is 107 Å². The molecule has 148 valence electrons. The molecule has 1 amide bonds. The van der Waals surface area contributed by atoms with Crippen molar-refractivity contribution in [2.75, 3.05) is 26.0 Å². The van der Waals surface area contributed by atoms with E-state index in [1.807, 2.05) is 0 Å². The van der Waals surface area contributed by atoms with Crippen molar-refractivity contribution in [3.05, 3.63) is 27.3 Å². The normalized spacial score (nSPS) is 42.5. The number of carbonyl (C=O) groups excluding carboxylic acids is 1. The Hall–Kier alpha value is -1.86. The summed E-state index contributed by atoms with van der Waals surface area (Å²) in [5.41, 5.74) is -3.58. The molecule has 3 rings (SSSR count). The SMILES string of the molecule is [2H]c1cc2c(s1)c(O)c(C(=O)N([2H])C([2H])([2H])CC([2H])([2H])N1C([2H])([2H])C([2H])([2H])C([2H])([2H])C([2H])(C)C1([2H])[2H])c(=O)n2C([2H])(C)C([2H])([2H])[2H]. The second-order valence-electron chi connectivity index (χ2n) is 5.37. The number of thiophene rings is 1. The number of aromatic nitrogens is 1. The van der Waals surface area contributed by atoms with Crippen LogP contribution in [0, 0.1) is 5.89 Å². The van der Waals surface area contributed by atoms with Gasteiger partial charge in [0.25, 0.3) is 11.5 Å². The van der Waals surface area contributed by atoms with Crippen LogP contribution in [0.3, 0.4) is 0 Å². The number of pyridine rings is 1. The van der Waals surface area contributed by atoms with Crippen LogP contribution in [0.25, 0.3) is 10.2 Å². The Morgan fingerprint density at radius 3 is 3.37 bits per heavy atom. The van der Waals surface area contributed by atoms with Crippen LogP contribution in [0.5, 0.6) is 5.75 Å². The number of carbonyl (C=O) groups is 1. The molecular formula is C20H29N3O3S. The van der Waals surface area contributed by atoms with Crippen LogP contribution >= 0.6 is 11.3 Å². The standard InChI is InChI=1S/C20H29N3O3S/c1-13(2)23-15-7-11-27-18(15)17(24)16(20(23)26)19(25)21-8-5-10-22-9-4-6-14(3)12-22/h7,11,13-14,24H,4-6,8-10,12H2,1-3H3,(H,21,25)/i1D3,4D2,6D2,8D2,9D2,10D2,11D,12D2,13D,14D/hD. The van der Waals surface area contributed by atoms with Crippen molar-refractivity contribution in [3.63, 3.8) is 0 Å². The fraction of sp³-hybridized carbons (Fsp3) is 0.600. The van der Waals surface area contributed by atoms with E-state index in [0.29, 0.717) is 18.3 Å². The average Bonchev–Trinajstić information content (AvgIpc) is 3.21. The highest BCUT2D eigenvalue weighted by Gasteiger charge is 2.24. The van der Waals surface area contributed by atoms with Crippen LogP contribution < -0.4 is 10.9 Å². The van der Waals surface area contributed by atoms with Crippen LogP contribution in [-0.2, 0) is 0 Å². The van der Waals surface area contributed by atoms with E-state index in [4.69, 9.17) is 26.1 Å². The first-order valence-electron chi connectivity index (χ1n) is 17.1. The van der Waals surface area contributed by atoms with Gasteiger partial charge in [-0.2, -0.15) is 0 Å². The maximum absolute atomic E-state index is 13.5. The molecule has 1 aliphatic heterocycles. The summed E-state index contributed by atoms with van der Waals surface area (Å²) >= 11 is 0.437. The number of nitrogens with one attached hydrogen (secondary N) is 1. The van der Waals surface area contributed by atoms with E-state index in [9.17, 15) is 14.7 Å². The van der Waals surface area contributed by atoms with Crippen LogP contribution in [0.4, 0.5) is 0 Å². The van der Waals surface area contributed by atoms with Gasteiger partial charge in [-0.3, -0.25) is 9.59 Å². The molecule has 1 saturated heterocycles. The highest BCUT2D eigenvalue weighted by molar-refractivity contribution is 7.17. The Labute approximate surface area is 190 Å². The largest absolute Gasteiger partial charge is 0.505 e. The zero-order valence-electron chi connectivity index (χ0n) is 33.3. The van der Waals surface area contributed by atoms with Gasteiger partial charge in [0, 0.05) is 40.9 Å². The quantitative estimate of drug-likeness (QED) is 0.767. The molecule has 0 aliphatic carbocycles. The van der Waals surface area contributed by atoms with E-state index >= 15 is 0 Å².